The van der Waals surface area contributed by atoms with Gasteiger partial charge in [-0.1, -0.05) is 23.2 Å². The SMILES string of the molecule is COc1cc(-c2c(C(F)(F)F)n(C)c(=O)[nH]c2=O)c(Cl)cc1Cl. The standard InChI is InChI=1S/C13H9Cl2F3N2O3/c1-20-10(13(16,17)18)9(11(21)19-12(20)22)5-3-8(23-2)7(15)4-6(5)14/h3-4H,1-2H3,(H,19,21,22). The summed E-state index contributed by atoms with van der Waals surface area (Å²) in [7, 11) is 2.15. The molecular formula is C13H9Cl2F3N2O3. The summed E-state index contributed by atoms with van der Waals surface area (Å²) in [5, 5.41) is -0.124. The monoisotopic (exact) mass is 368 g/mol. The van der Waals surface area contributed by atoms with Crippen LogP contribution in [-0.4, -0.2) is 16.7 Å². The molecule has 1 aromatic carbocycles. The Bertz CT molecular complexity index is 888. The highest BCUT2D eigenvalue weighted by atomic mass is 35.5. The van der Waals surface area contributed by atoms with Crippen LogP contribution in [0.2, 0.25) is 10.0 Å². The van der Waals surface area contributed by atoms with Crippen LogP contribution in [0.25, 0.3) is 11.1 Å². The van der Waals surface area contributed by atoms with E-state index in [1.807, 2.05) is 4.98 Å². The van der Waals surface area contributed by atoms with Crippen LogP contribution in [0.1, 0.15) is 5.69 Å². The molecule has 0 fully saturated rings. The van der Waals surface area contributed by atoms with Gasteiger partial charge in [-0.05, 0) is 12.1 Å². The van der Waals surface area contributed by atoms with Crippen LogP contribution in [0.4, 0.5) is 13.2 Å². The number of ether oxygens (including phenoxy) is 1. The van der Waals surface area contributed by atoms with Gasteiger partial charge in [0.05, 0.1) is 22.7 Å². The number of hydrogen-bond acceptors (Lipinski definition) is 3. The smallest absolute Gasteiger partial charge is 0.432 e. The second kappa shape index (κ2) is 5.93. The lowest BCUT2D eigenvalue weighted by Gasteiger charge is -2.17. The summed E-state index contributed by atoms with van der Waals surface area (Å²) < 4.78 is 45.2. The van der Waals surface area contributed by atoms with Crippen molar-refractivity contribution in [2.45, 2.75) is 6.18 Å². The quantitative estimate of drug-likeness (QED) is 0.885. The first-order valence-electron chi connectivity index (χ1n) is 6.01. The Morgan fingerprint density at radius 1 is 1.17 bits per heavy atom. The van der Waals surface area contributed by atoms with Crippen molar-refractivity contribution in [1.82, 2.24) is 9.55 Å². The molecule has 0 saturated heterocycles. The number of hydrogen-bond donors (Lipinski definition) is 1. The third kappa shape index (κ3) is 3.09. The van der Waals surface area contributed by atoms with Crippen LogP contribution in [0.3, 0.4) is 0 Å². The van der Waals surface area contributed by atoms with Crippen molar-refractivity contribution in [2.75, 3.05) is 7.11 Å². The van der Waals surface area contributed by atoms with E-state index >= 15 is 0 Å². The molecule has 0 aliphatic rings. The van der Waals surface area contributed by atoms with E-state index in [1.165, 1.54) is 7.11 Å². The molecule has 0 aliphatic heterocycles. The number of alkyl halides is 3. The number of aromatic nitrogens is 2. The van der Waals surface area contributed by atoms with Gasteiger partial charge >= 0.3 is 11.9 Å². The number of nitrogens with zero attached hydrogens (tertiary/aromatic N) is 1. The fourth-order valence-electron chi connectivity index (χ4n) is 2.08. The minimum Gasteiger partial charge on any atom is -0.495 e. The summed E-state index contributed by atoms with van der Waals surface area (Å²) in [5.41, 5.74) is -4.87. The lowest BCUT2D eigenvalue weighted by Crippen LogP contribution is -2.35. The zero-order valence-electron chi connectivity index (χ0n) is 11.7. The Kier molecular flexibility index (Phi) is 4.50. The van der Waals surface area contributed by atoms with Crippen molar-refractivity contribution in [3.05, 3.63) is 48.7 Å². The zero-order chi connectivity index (χ0) is 17.5. The van der Waals surface area contributed by atoms with Crippen LogP contribution in [0.5, 0.6) is 5.75 Å². The Labute approximate surface area is 137 Å². The fraction of sp³-hybridized carbons (Fsp3) is 0.231. The number of aromatic amines is 1. The second-order valence-electron chi connectivity index (χ2n) is 4.51. The molecule has 0 atom stereocenters. The van der Waals surface area contributed by atoms with E-state index in [9.17, 15) is 22.8 Å². The Balaban J connectivity index is 2.98. The summed E-state index contributed by atoms with van der Waals surface area (Å²) in [6.07, 6.45) is -4.95. The van der Waals surface area contributed by atoms with E-state index in [0.717, 1.165) is 19.2 Å². The maximum absolute atomic E-state index is 13.3. The van der Waals surface area contributed by atoms with Gasteiger partial charge in [-0.25, -0.2) is 4.79 Å². The van der Waals surface area contributed by atoms with Crippen molar-refractivity contribution in [1.29, 1.82) is 0 Å². The number of halogens is 5. The topological polar surface area (TPSA) is 64.1 Å². The van der Waals surface area contributed by atoms with Crippen LogP contribution in [0.15, 0.2) is 21.7 Å². The minimum atomic E-state index is -4.95. The molecule has 1 aromatic heterocycles. The van der Waals surface area contributed by atoms with Gasteiger partial charge in [0.1, 0.15) is 11.4 Å². The molecule has 23 heavy (non-hydrogen) atoms. The van der Waals surface area contributed by atoms with Gasteiger partial charge < -0.3 is 4.74 Å². The van der Waals surface area contributed by atoms with Gasteiger partial charge in [-0.2, -0.15) is 13.2 Å². The van der Waals surface area contributed by atoms with Gasteiger partial charge in [0.15, 0.2) is 0 Å². The first-order chi connectivity index (χ1) is 10.6. The maximum atomic E-state index is 13.3. The number of benzene rings is 1. The molecule has 124 valence electrons. The fourth-order valence-corrected chi connectivity index (χ4v) is 2.63. The average molecular weight is 369 g/mol. The molecule has 10 heteroatoms. The highest BCUT2D eigenvalue weighted by Gasteiger charge is 2.39. The largest absolute Gasteiger partial charge is 0.495 e. The molecular weight excluding hydrogens is 360 g/mol. The van der Waals surface area contributed by atoms with Crippen molar-refractivity contribution >= 4 is 23.2 Å². The minimum absolute atomic E-state index is 0.0347. The highest BCUT2D eigenvalue weighted by Crippen LogP contribution is 2.40. The van der Waals surface area contributed by atoms with Crippen LogP contribution in [-0.2, 0) is 13.2 Å². The predicted molar refractivity (Wildman–Crippen MR) is 79.3 cm³/mol. The lowest BCUT2D eigenvalue weighted by molar-refractivity contribution is -0.143. The van der Waals surface area contributed by atoms with E-state index < -0.39 is 28.7 Å². The van der Waals surface area contributed by atoms with Gasteiger partial charge in [-0.3, -0.25) is 14.3 Å². The number of H-pyrrole nitrogens is 1. The Hall–Kier alpha value is -1.93. The first kappa shape index (κ1) is 17.4. The molecule has 0 bridgehead atoms. The third-order valence-electron chi connectivity index (χ3n) is 3.10. The van der Waals surface area contributed by atoms with Crippen molar-refractivity contribution in [3.8, 4) is 16.9 Å². The van der Waals surface area contributed by atoms with E-state index in [0.29, 0.717) is 4.57 Å². The van der Waals surface area contributed by atoms with Gasteiger partial charge in [0.2, 0.25) is 0 Å². The van der Waals surface area contributed by atoms with Crippen molar-refractivity contribution in [3.63, 3.8) is 0 Å². The highest BCUT2D eigenvalue weighted by molar-refractivity contribution is 6.37. The summed E-state index contributed by atoms with van der Waals surface area (Å²) in [5.74, 6) is 0.0347. The van der Waals surface area contributed by atoms with Crippen molar-refractivity contribution < 1.29 is 17.9 Å². The first-order valence-corrected chi connectivity index (χ1v) is 6.77. The molecule has 0 amide bonds. The van der Waals surface area contributed by atoms with E-state index in [2.05, 4.69) is 0 Å². The molecule has 2 rings (SSSR count). The van der Waals surface area contributed by atoms with Crippen LogP contribution >= 0.6 is 23.2 Å². The number of methoxy groups -OCH3 is 1. The number of nitrogens with one attached hydrogen (secondary N) is 1. The molecule has 0 saturated carbocycles. The Morgan fingerprint density at radius 2 is 1.78 bits per heavy atom. The molecule has 1 heterocycles. The molecule has 0 unspecified atom stereocenters. The van der Waals surface area contributed by atoms with Gasteiger partial charge in [0, 0.05) is 12.6 Å². The van der Waals surface area contributed by atoms with E-state index in [4.69, 9.17) is 27.9 Å². The summed E-state index contributed by atoms with van der Waals surface area (Å²) >= 11 is 11.8. The van der Waals surface area contributed by atoms with E-state index in [-0.39, 0.29) is 21.4 Å². The van der Waals surface area contributed by atoms with Crippen LogP contribution in [0, 0.1) is 0 Å². The predicted octanol–water partition coefficient (Wildman–Crippen LogP) is 3.07. The second-order valence-corrected chi connectivity index (χ2v) is 5.32. The zero-order valence-corrected chi connectivity index (χ0v) is 13.2. The Morgan fingerprint density at radius 3 is 2.30 bits per heavy atom. The summed E-state index contributed by atoms with van der Waals surface area (Å²) in [6.45, 7) is 0. The normalized spacial score (nSPS) is 11.6. The van der Waals surface area contributed by atoms with Crippen LogP contribution < -0.4 is 16.0 Å². The van der Waals surface area contributed by atoms with Gasteiger partial charge in [-0.15, -0.1) is 0 Å². The van der Waals surface area contributed by atoms with Gasteiger partial charge in [0.25, 0.3) is 5.56 Å². The molecule has 2 aromatic rings. The average Bonchev–Trinajstić information content (AvgIpc) is 2.42. The molecule has 5 nitrogen and oxygen atoms in total. The summed E-state index contributed by atoms with van der Waals surface area (Å²) in [4.78, 5) is 25.3. The van der Waals surface area contributed by atoms with E-state index in [1.54, 1.807) is 0 Å². The summed E-state index contributed by atoms with van der Waals surface area (Å²) in [6, 6.07) is 2.26. The molecule has 0 aliphatic carbocycles. The third-order valence-corrected chi connectivity index (χ3v) is 3.71. The number of rotatable bonds is 2. The molecule has 0 radical (unpaired) electrons. The molecule has 1 N–H and O–H groups in total. The maximum Gasteiger partial charge on any atom is 0.432 e. The van der Waals surface area contributed by atoms with Crippen molar-refractivity contribution in [2.24, 2.45) is 7.05 Å². The lowest BCUT2D eigenvalue weighted by atomic mass is 10.0. The molecule has 0 spiro atoms.